The van der Waals surface area contributed by atoms with Crippen molar-refractivity contribution < 1.29 is 38.9 Å². The summed E-state index contributed by atoms with van der Waals surface area (Å²) in [5.41, 5.74) is -8.52. The minimum absolute atomic E-state index is 0.0657. The third kappa shape index (κ3) is 5.38. The summed E-state index contributed by atoms with van der Waals surface area (Å²) in [6.45, 7) is 36.3. The van der Waals surface area contributed by atoms with Crippen LogP contribution in [0.4, 0.5) is 38.9 Å². The number of halogens is 10. The lowest BCUT2D eigenvalue weighted by molar-refractivity contribution is 0.359. The molecule has 4 aromatic rings. The molecule has 290 valence electrons. The molecule has 0 amide bonds. The highest BCUT2D eigenvalue weighted by molar-refractivity contribution is 8.46. The Kier molecular flexibility index (Phi) is 7.11. The Morgan fingerprint density at radius 2 is 0.724 bits per heavy atom. The van der Waals surface area contributed by atoms with Gasteiger partial charge < -0.3 is 0 Å². The molecule has 0 spiro atoms. The first-order chi connectivity index (χ1) is 26.5. The molecule has 58 heavy (non-hydrogen) atoms. The fourth-order valence-corrected chi connectivity index (χ4v) is 10.1. The van der Waals surface area contributed by atoms with Gasteiger partial charge in [0.05, 0.1) is 30.9 Å². The van der Waals surface area contributed by atoms with E-state index in [2.05, 4.69) is 19.4 Å². The zero-order chi connectivity index (χ0) is 43.2. The molecule has 0 radical (unpaired) electrons. The fourth-order valence-electron chi connectivity index (χ4n) is 8.11. The normalized spacial score (nSPS) is 17.3. The molecule has 0 atom stereocenters. The van der Waals surface area contributed by atoms with Gasteiger partial charge in [0.15, 0.2) is 0 Å². The molecule has 0 unspecified atom stereocenters. The molecule has 18 heteroatoms. The van der Waals surface area contributed by atoms with Gasteiger partial charge in [-0.05, 0) is 129 Å². The average Bonchev–Trinajstić information content (AvgIpc) is 3.70. The number of aryl methyl sites for hydroxylation is 4. The Balaban J connectivity index is 1.94. The first-order valence-electron chi connectivity index (χ1n) is 16.2. The number of hydrogen-bond donors (Lipinski definition) is 0. The summed E-state index contributed by atoms with van der Waals surface area (Å²) in [5, 5.41) is 20.6. The molecule has 0 saturated carbocycles. The van der Waals surface area contributed by atoms with Gasteiger partial charge in [0.2, 0.25) is 0 Å². The van der Waals surface area contributed by atoms with Gasteiger partial charge in [0.25, 0.3) is 11.4 Å². The summed E-state index contributed by atoms with van der Waals surface area (Å²) >= 11 is 0. The standard InChI is InChI=1S/C40H18F10N6S2/c1-17-9-21-23(10-18(17)2)33-37(31(21)27(15-51)53-5)34-25-13-29(57(41,42,43,44)45)19(3)11-22(25)32(28(16-52)54-6)38(34)35-26-14-30(58(46,47,48,49)50)20(4)12-24(26)36(39(33)35)40(55-7)56-8/h9-14H,1-4H3/b31-27+,32-28-. The van der Waals surface area contributed by atoms with Crippen LogP contribution in [0.5, 0.6) is 0 Å². The van der Waals surface area contributed by atoms with Gasteiger partial charge in [-0.3, -0.25) is 0 Å². The summed E-state index contributed by atoms with van der Waals surface area (Å²) in [7, 11) is -21.2. The maximum Gasteiger partial charge on any atom is 0.527 e. The van der Waals surface area contributed by atoms with Crippen molar-refractivity contribution in [3.63, 3.8) is 0 Å². The van der Waals surface area contributed by atoms with Crippen LogP contribution in [0.15, 0.2) is 63.4 Å². The predicted molar refractivity (Wildman–Crippen MR) is 200 cm³/mol. The van der Waals surface area contributed by atoms with Gasteiger partial charge in [-0.2, -0.15) is 9.69 Å². The highest BCUT2D eigenvalue weighted by atomic mass is 32.5. The van der Waals surface area contributed by atoms with E-state index >= 15 is 0 Å². The van der Waals surface area contributed by atoms with Crippen LogP contribution in [0.25, 0.3) is 69.5 Å². The van der Waals surface area contributed by atoms with Crippen molar-refractivity contribution in [3.05, 3.63) is 155 Å². The molecule has 0 heterocycles. The second-order valence-corrected chi connectivity index (χ2v) is 18.6. The molecule has 7 rings (SSSR count). The van der Waals surface area contributed by atoms with E-state index < -0.39 is 103 Å². The van der Waals surface area contributed by atoms with E-state index in [4.69, 9.17) is 26.3 Å². The van der Waals surface area contributed by atoms with E-state index in [9.17, 15) is 49.4 Å². The minimum Gasteiger partial charge on any atom is -0.226 e. The molecule has 4 aromatic carbocycles. The monoisotopic (exact) mass is 836 g/mol. The molecule has 0 aromatic heterocycles. The Labute approximate surface area is 323 Å². The Morgan fingerprint density at radius 3 is 1.03 bits per heavy atom. The van der Waals surface area contributed by atoms with E-state index in [0.717, 1.165) is 0 Å². The zero-order valence-corrected chi connectivity index (χ0v) is 31.4. The topological polar surface area (TPSA) is 65.0 Å². The molecular formula is C40H18F10N6S2. The second-order valence-electron chi connectivity index (χ2n) is 13.8. The first-order valence-corrected chi connectivity index (χ1v) is 20.1. The van der Waals surface area contributed by atoms with Crippen LogP contribution in [-0.2, 0) is 0 Å². The Hall–Kier alpha value is -6.96. The van der Waals surface area contributed by atoms with E-state index in [1.807, 2.05) is 0 Å². The van der Waals surface area contributed by atoms with Crippen molar-refractivity contribution in [3.8, 4) is 45.5 Å². The third-order valence-corrected chi connectivity index (χ3v) is 12.8. The van der Waals surface area contributed by atoms with Crippen molar-refractivity contribution in [2.75, 3.05) is 0 Å². The van der Waals surface area contributed by atoms with Gasteiger partial charge in [0.1, 0.15) is 22.9 Å². The van der Waals surface area contributed by atoms with Gasteiger partial charge in [-0.15, -0.1) is 0 Å². The van der Waals surface area contributed by atoms with Crippen molar-refractivity contribution in [1.29, 1.82) is 10.5 Å². The molecular weight excluding hydrogens is 819 g/mol. The molecule has 0 bridgehead atoms. The van der Waals surface area contributed by atoms with Crippen LogP contribution in [-0.4, -0.2) is 0 Å². The van der Waals surface area contributed by atoms with Gasteiger partial charge in [0, 0.05) is 11.1 Å². The van der Waals surface area contributed by atoms with E-state index in [1.165, 1.54) is 12.1 Å². The first kappa shape index (κ1) is 39.3. The van der Waals surface area contributed by atoms with Crippen LogP contribution in [0, 0.1) is 76.6 Å². The summed E-state index contributed by atoms with van der Waals surface area (Å²) in [4.78, 5) is 8.30. The minimum atomic E-state index is -10.6. The number of hydrogen-bond acceptors (Lipinski definition) is 2. The number of nitriles is 2. The average molecular weight is 837 g/mol. The van der Waals surface area contributed by atoms with Crippen LogP contribution < -0.4 is 0 Å². The van der Waals surface area contributed by atoms with Gasteiger partial charge in [-0.1, -0.05) is 63.1 Å². The summed E-state index contributed by atoms with van der Waals surface area (Å²) in [6.07, 6.45) is 0. The second kappa shape index (κ2) is 10.5. The number of allylic oxidation sites excluding steroid dienone is 2. The molecule has 0 N–H and O–H groups in total. The molecule has 0 saturated heterocycles. The van der Waals surface area contributed by atoms with Crippen molar-refractivity contribution >= 4 is 37.2 Å². The summed E-state index contributed by atoms with van der Waals surface area (Å²) < 4.78 is 148. The number of fused-ring (bicyclic) bond motifs is 12. The van der Waals surface area contributed by atoms with Crippen molar-refractivity contribution in [1.82, 2.24) is 0 Å². The van der Waals surface area contributed by atoms with E-state index in [0.29, 0.717) is 37.1 Å². The predicted octanol–water partition coefficient (Wildman–Crippen LogP) is 15.1. The lowest BCUT2D eigenvalue weighted by atomic mass is 9.83. The largest absolute Gasteiger partial charge is 0.527 e. The summed E-state index contributed by atoms with van der Waals surface area (Å²) in [6, 6.07) is 7.73. The van der Waals surface area contributed by atoms with E-state index in [-0.39, 0.29) is 51.1 Å². The maximum atomic E-state index is 14.8. The smallest absolute Gasteiger partial charge is 0.226 e. The van der Waals surface area contributed by atoms with Crippen molar-refractivity contribution in [2.45, 2.75) is 37.5 Å². The lowest BCUT2D eigenvalue weighted by Crippen LogP contribution is -2.09. The van der Waals surface area contributed by atoms with Crippen LogP contribution in [0.1, 0.15) is 55.6 Å². The molecule has 0 fully saturated rings. The lowest BCUT2D eigenvalue weighted by Gasteiger charge is -2.42. The van der Waals surface area contributed by atoms with Crippen LogP contribution >= 0.6 is 20.4 Å². The number of rotatable bonds is 2. The maximum absolute atomic E-state index is 14.8. The Morgan fingerprint density at radius 1 is 0.431 bits per heavy atom. The SMILES string of the molecule is [C-]#[N+]C([N+]#[C-])=C1c2cc(C)c(S(F)(F)(F)(F)F)cc2-c2c1c1c(c3c2/C(=C(/C#N)[N+]#[C-])c2cc(C)c(S(F)(F)(F)(F)F)cc2-3)/C(=C(\C#N)[N+]#[C-])c2cc(C)c(C)cc2-1. The Bertz CT molecular complexity index is 3060. The molecule has 3 aliphatic carbocycles. The summed E-state index contributed by atoms with van der Waals surface area (Å²) in [5.74, 6) is -0.805. The number of nitrogens with zero attached hydrogens (tertiary/aromatic N) is 6. The fraction of sp³-hybridized carbons (Fsp3) is 0.100. The van der Waals surface area contributed by atoms with Crippen LogP contribution in [0.2, 0.25) is 0 Å². The van der Waals surface area contributed by atoms with E-state index in [1.54, 1.807) is 26.0 Å². The highest BCUT2D eigenvalue weighted by Crippen LogP contribution is 3.03. The zero-order valence-electron chi connectivity index (χ0n) is 29.7. The van der Waals surface area contributed by atoms with Crippen LogP contribution in [0.3, 0.4) is 0 Å². The highest BCUT2D eigenvalue weighted by Gasteiger charge is 2.67. The van der Waals surface area contributed by atoms with Crippen molar-refractivity contribution in [2.24, 2.45) is 0 Å². The molecule has 6 nitrogen and oxygen atoms in total. The third-order valence-electron chi connectivity index (χ3n) is 10.3. The van der Waals surface area contributed by atoms with Gasteiger partial charge >= 0.3 is 26.3 Å². The molecule has 3 aliphatic rings. The molecule has 0 aliphatic heterocycles. The number of benzene rings is 4. The van der Waals surface area contributed by atoms with Gasteiger partial charge in [-0.25, -0.2) is 20.2 Å². The quantitative estimate of drug-likeness (QED) is 0.0989.